The minimum Gasteiger partial charge on any atom is -0.465 e. The fourth-order valence-electron chi connectivity index (χ4n) is 3.11. The summed E-state index contributed by atoms with van der Waals surface area (Å²) < 4.78 is 5.31. The summed E-state index contributed by atoms with van der Waals surface area (Å²) in [5, 5.41) is 3.39. The third-order valence-electron chi connectivity index (χ3n) is 4.45. The minimum atomic E-state index is -0.0892. The molecule has 2 aliphatic heterocycles. The molecule has 0 saturated carbocycles. The van der Waals surface area contributed by atoms with Gasteiger partial charge in [0.25, 0.3) is 0 Å². The van der Waals surface area contributed by atoms with Crippen molar-refractivity contribution in [2.75, 3.05) is 39.3 Å². The van der Waals surface area contributed by atoms with Crippen LogP contribution >= 0.6 is 0 Å². The molecule has 2 rings (SSSR count). The lowest BCUT2D eigenvalue weighted by atomic mass is 9.97. The average Bonchev–Trinajstić information content (AvgIpc) is 2.54. The molecule has 120 valence electrons. The number of hydrogen-bond donors (Lipinski definition) is 1. The number of piperidine rings is 2. The van der Waals surface area contributed by atoms with Crippen molar-refractivity contribution in [1.29, 1.82) is 0 Å². The van der Waals surface area contributed by atoms with E-state index in [1.54, 1.807) is 0 Å². The van der Waals surface area contributed by atoms with E-state index in [2.05, 4.69) is 16.3 Å². The van der Waals surface area contributed by atoms with Crippen molar-refractivity contribution < 1.29 is 9.53 Å². The largest absolute Gasteiger partial charge is 0.465 e. The SMILES string of the molecule is O=C(CC=CCN1CCCCC1)OCCC1CCCNC1. The van der Waals surface area contributed by atoms with E-state index >= 15 is 0 Å². The molecule has 4 heteroatoms. The summed E-state index contributed by atoms with van der Waals surface area (Å²) in [6.45, 7) is 6.16. The zero-order valence-corrected chi connectivity index (χ0v) is 13.2. The molecule has 0 aromatic carbocycles. The van der Waals surface area contributed by atoms with Gasteiger partial charge in [0, 0.05) is 6.54 Å². The summed E-state index contributed by atoms with van der Waals surface area (Å²) >= 11 is 0. The van der Waals surface area contributed by atoms with Crippen LogP contribution in [0.15, 0.2) is 12.2 Å². The van der Waals surface area contributed by atoms with Gasteiger partial charge in [-0.2, -0.15) is 0 Å². The molecule has 0 spiro atoms. The van der Waals surface area contributed by atoms with E-state index in [9.17, 15) is 4.79 Å². The second-order valence-electron chi connectivity index (χ2n) is 6.26. The number of nitrogens with zero attached hydrogens (tertiary/aromatic N) is 1. The van der Waals surface area contributed by atoms with E-state index in [0.29, 0.717) is 18.9 Å². The van der Waals surface area contributed by atoms with Crippen LogP contribution in [0.25, 0.3) is 0 Å². The number of carbonyl (C=O) groups is 1. The summed E-state index contributed by atoms with van der Waals surface area (Å²) in [6.07, 6.45) is 12.0. The van der Waals surface area contributed by atoms with E-state index in [1.165, 1.54) is 45.2 Å². The lowest BCUT2D eigenvalue weighted by Gasteiger charge is -2.24. The van der Waals surface area contributed by atoms with Crippen LogP contribution in [0.5, 0.6) is 0 Å². The quantitative estimate of drug-likeness (QED) is 0.578. The fraction of sp³-hybridized carbons (Fsp3) is 0.824. The molecular formula is C17H30N2O2. The Balaban J connectivity index is 1.48. The lowest BCUT2D eigenvalue weighted by molar-refractivity contribution is -0.143. The van der Waals surface area contributed by atoms with Gasteiger partial charge < -0.3 is 10.1 Å². The number of ether oxygens (including phenoxy) is 1. The van der Waals surface area contributed by atoms with Crippen LogP contribution in [-0.2, 0) is 9.53 Å². The van der Waals surface area contributed by atoms with Crippen LogP contribution in [0, 0.1) is 5.92 Å². The third kappa shape index (κ3) is 7.09. The van der Waals surface area contributed by atoms with Gasteiger partial charge in [0.15, 0.2) is 0 Å². The van der Waals surface area contributed by atoms with E-state index < -0.39 is 0 Å². The molecule has 1 atom stereocenters. The highest BCUT2D eigenvalue weighted by molar-refractivity contribution is 5.71. The Morgan fingerprint density at radius 1 is 1.19 bits per heavy atom. The second kappa shape index (κ2) is 9.96. The number of hydrogen-bond acceptors (Lipinski definition) is 4. The van der Waals surface area contributed by atoms with Crippen molar-refractivity contribution in [1.82, 2.24) is 10.2 Å². The first-order valence-electron chi connectivity index (χ1n) is 8.58. The zero-order valence-electron chi connectivity index (χ0n) is 13.2. The molecule has 2 aliphatic rings. The molecule has 1 unspecified atom stereocenters. The van der Waals surface area contributed by atoms with Gasteiger partial charge >= 0.3 is 5.97 Å². The van der Waals surface area contributed by atoms with Crippen molar-refractivity contribution in [2.24, 2.45) is 5.92 Å². The molecule has 2 fully saturated rings. The maximum Gasteiger partial charge on any atom is 0.309 e. The Hall–Kier alpha value is -0.870. The van der Waals surface area contributed by atoms with Gasteiger partial charge in [-0.3, -0.25) is 9.69 Å². The van der Waals surface area contributed by atoms with Gasteiger partial charge in [-0.05, 0) is 64.2 Å². The molecule has 0 bridgehead atoms. The molecule has 0 aliphatic carbocycles. The predicted molar refractivity (Wildman–Crippen MR) is 85.2 cm³/mol. The van der Waals surface area contributed by atoms with E-state index in [0.717, 1.165) is 26.1 Å². The second-order valence-corrected chi connectivity index (χ2v) is 6.26. The van der Waals surface area contributed by atoms with Gasteiger partial charge in [0.2, 0.25) is 0 Å². The Kier molecular flexibility index (Phi) is 7.82. The van der Waals surface area contributed by atoms with Gasteiger partial charge in [-0.1, -0.05) is 18.6 Å². The Labute approximate surface area is 128 Å². The molecule has 2 heterocycles. The van der Waals surface area contributed by atoms with Crippen molar-refractivity contribution in [3.8, 4) is 0 Å². The topological polar surface area (TPSA) is 41.6 Å². The van der Waals surface area contributed by atoms with Crippen LogP contribution < -0.4 is 5.32 Å². The first kappa shape index (κ1) is 16.5. The zero-order chi connectivity index (χ0) is 14.8. The maximum absolute atomic E-state index is 11.6. The number of carbonyl (C=O) groups excluding carboxylic acids is 1. The molecular weight excluding hydrogens is 264 g/mol. The molecule has 0 radical (unpaired) electrons. The van der Waals surface area contributed by atoms with Crippen molar-refractivity contribution in [2.45, 2.75) is 44.9 Å². The Morgan fingerprint density at radius 3 is 2.81 bits per heavy atom. The van der Waals surface area contributed by atoms with Gasteiger partial charge in [0.05, 0.1) is 13.0 Å². The predicted octanol–water partition coefficient (Wildman–Crippen LogP) is 2.35. The molecule has 1 N–H and O–H groups in total. The average molecular weight is 294 g/mol. The van der Waals surface area contributed by atoms with Crippen LogP contribution in [0.2, 0.25) is 0 Å². The highest BCUT2D eigenvalue weighted by Crippen LogP contribution is 2.13. The van der Waals surface area contributed by atoms with Crippen molar-refractivity contribution in [3.63, 3.8) is 0 Å². The van der Waals surface area contributed by atoms with Crippen molar-refractivity contribution >= 4 is 5.97 Å². The van der Waals surface area contributed by atoms with Crippen molar-refractivity contribution in [3.05, 3.63) is 12.2 Å². The number of nitrogens with one attached hydrogen (secondary N) is 1. The lowest BCUT2D eigenvalue weighted by Crippen LogP contribution is -2.30. The van der Waals surface area contributed by atoms with Crippen LogP contribution in [0.4, 0.5) is 0 Å². The molecule has 0 aromatic heterocycles. The number of likely N-dealkylation sites (tertiary alicyclic amines) is 1. The molecule has 21 heavy (non-hydrogen) atoms. The van der Waals surface area contributed by atoms with Crippen LogP contribution in [-0.4, -0.2) is 50.2 Å². The summed E-state index contributed by atoms with van der Waals surface area (Å²) in [5.74, 6) is 0.592. The molecule has 0 aromatic rings. The molecule has 0 amide bonds. The van der Waals surface area contributed by atoms with E-state index in [1.807, 2.05) is 6.08 Å². The van der Waals surface area contributed by atoms with Gasteiger partial charge in [-0.25, -0.2) is 0 Å². The van der Waals surface area contributed by atoms with E-state index in [4.69, 9.17) is 4.74 Å². The first-order valence-corrected chi connectivity index (χ1v) is 8.58. The summed E-state index contributed by atoms with van der Waals surface area (Å²) in [6, 6.07) is 0. The van der Waals surface area contributed by atoms with Gasteiger partial charge in [-0.15, -0.1) is 0 Å². The van der Waals surface area contributed by atoms with Crippen LogP contribution in [0.3, 0.4) is 0 Å². The Bertz CT molecular complexity index is 319. The number of rotatable bonds is 7. The summed E-state index contributed by atoms with van der Waals surface area (Å²) in [7, 11) is 0. The van der Waals surface area contributed by atoms with Crippen LogP contribution in [0.1, 0.15) is 44.9 Å². The van der Waals surface area contributed by atoms with E-state index in [-0.39, 0.29) is 5.97 Å². The van der Waals surface area contributed by atoms with Gasteiger partial charge in [0.1, 0.15) is 0 Å². The highest BCUT2D eigenvalue weighted by Gasteiger charge is 2.13. The number of esters is 1. The molecule has 4 nitrogen and oxygen atoms in total. The Morgan fingerprint density at radius 2 is 2.05 bits per heavy atom. The highest BCUT2D eigenvalue weighted by atomic mass is 16.5. The first-order chi connectivity index (χ1) is 10.3. The standard InChI is InChI=1S/C17H30N2O2/c20-17(21-14-9-16-7-6-10-18-15-16)8-2-5-13-19-11-3-1-4-12-19/h2,5,16,18H,1,3-4,6-15H2. The normalized spacial score (nSPS) is 24.3. The third-order valence-corrected chi connectivity index (χ3v) is 4.45. The maximum atomic E-state index is 11.6. The smallest absolute Gasteiger partial charge is 0.309 e. The minimum absolute atomic E-state index is 0.0892. The summed E-state index contributed by atoms with van der Waals surface area (Å²) in [5.41, 5.74) is 0. The monoisotopic (exact) mass is 294 g/mol. The summed E-state index contributed by atoms with van der Waals surface area (Å²) in [4.78, 5) is 14.1. The molecule has 2 saturated heterocycles. The fourth-order valence-corrected chi connectivity index (χ4v) is 3.11.